The van der Waals surface area contributed by atoms with Gasteiger partial charge in [-0.2, -0.15) is 5.10 Å². The molecule has 1 heterocycles. The van der Waals surface area contributed by atoms with Crippen LogP contribution in [-0.2, 0) is 11.3 Å². The van der Waals surface area contributed by atoms with Gasteiger partial charge in [0.1, 0.15) is 0 Å². The van der Waals surface area contributed by atoms with Crippen LogP contribution >= 0.6 is 0 Å². The van der Waals surface area contributed by atoms with Crippen molar-refractivity contribution in [2.24, 2.45) is 0 Å². The van der Waals surface area contributed by atoms with Gasteiger partial charge in [-0.05, 0) is 19.9 Å². The molecule has 0 saturated heterocycles. The van der Waals surface area contributed by atoms with Gasteiger partial charge in [-0.3, -0.25) is 4.68 Å². The number of carbonyl (C=O) groups is 1. The minimum absolute atomic E-state index is 0.0405. The standard InChI is InChI=1S/C8H12N2O3/c1-6-3-4-9-10(6)5-8(2,13)7(11)12/h3-4,13H,5H2,1-2H3,(H,11,12). The van der Waals surface area contributed by atoms with E-state index in [1.165, 1.54) is 11.6 Å². The third kappa shape index (κ3) is 2.06. The molecule has 0 aliphatic carbocycles. The summed E-state index contributed by atoms with van der Waals surface area (Å²) in [5.41, 5.74) is -0.946. The molecule has 0 aliphatic heterocycles. The lowest BCUT2D eigenvalue weighted by molar-refractivity contribution is -0.158. The van der Waals surface area contributed by atoms with E-state index in [4.69, 9.17) is 5.11 Å². The lowest BCUT2D eigenvalue weighted by atomic mass is 10.1. The molecular weight excluding hydrogens is 172 g/mol. The molecule has 0 aliphatic rings. The third-order valence-electron chi connectivity index (χ3n) is 1.85. The molecule has 5 heteroatoms. The summed E-state index contributed by atoms with van der Waals surface area (Å²) >= 11 is 0. The van der Waals surface area contributed by atoms with E-state index in [1.54, 1.807) is 19.2 Å². The lowest BCUT2D eigenvalue weighted by Crippen LogP contribution is -2.39. The molecule has 1 aromatic heterocycles. The Balaban J connectivity index is 2.80. The number of carboxylic acids is 1. The average Bonchev–Trinajstić information content (AvgIpc) is 2.35. The van der Waals surface area contributed by atoms with Crippen molar-refractivity contribution in [3.63, 3.8) is 0 Å². The maximum Gasteiger partial charge on any atom is 0.337 e. The third-order valence-corrected chi connectivity index (χ3v) is 1.85. The number of hydrogen-bond acceptors (Lipinski definition) is 3. The molecule has 1 unspecified atom stereocenters. The van der Waals surface area contributed by atoms with Crippen LogP contribution in [0.4, 0.5) is 0 Å². The molecule has 0 spiro atoms. The number of aliphatic carboxylic acids is 1. The van der Waals surface area contributed by atoms with Gasteiger partial charge in [-0.1, -0.05) is 0 Å². The average molecular weight is 184 g/mol. The summed E-state index contributed by atoms with van der Waals surface area (Å²) in [7, 11) is 0. The number of hydrogen-bond donors (Lipinski definition) is 2. The topological polar surface area (TPSA) is 75.3 Å². The SMILES string of the molecule is Cc1ccnn1CC(C)(O)C(=O)O. The highest BCUT2D eigenvalue weighted by atomic mass is 16.4. The fraction of sp³-hybridized carbons (Fsp3) is 0.500. The molecule has 0 saturated carbocycles. The number of aromatic nitrogens is 2. The zero-order chi connectivity index (χ0) is 10.1. The van der Waals surface area contributed by atoms with Crippen LogP contribution in [0.25, 0.3) is 0 Å². The second kappa shape index (κ2) is 3.18. The predicted molar refractivity (Wildman–Crippen MR) is 45.2 cm³/mol. The van der Waals surface area contributed by atoms with Gasteiger partial charge in [0.2, 0.25) is 0 Å². The molecule has 0 amide bonds. The predicted octanol–water partition coefficient (Wildman–Crippen LogP) is 0.0271. The number of aliphatic hydroxyl groups is 1. The normalized spacial score (nSPS) is 15.3. The van der Waals surface area contributed by atoms with Gasteiger partial charge >= 0.3 is 5.97 Å². The highest BCUT2D eigenvalue weighted by Crippen LogP contribution is 2.08. The highest BCUT2D eigenvalue weighted by molar-refractivity contribution is 5.76. The van der Waals surface area contributed by atoms with Crippen LogP contribution in [0, 0.1) is 6.92 Å². The Morgan fingerprint density at radius 2 is 2.38 bits per heavy atom. The number of nitrogens with zero attached hydrogens (tertiary/aromatic N) is 2. The van der Waals surface area contributed by atoms with Crippen LogP contribution < -0.4 is 0 Å². The van der Waals surface area contributed by atoms with Crippen molar-refractivity contribution in [2.45, 2.75) is 26.0 Å². The summed E-state index contributed by atoms with van der Waals surface area (Å²) < 4.78 is 1.45. The van der Waals surface area contributed by atoms with Crippen LogP contribution in [0.2, 0.25) is 0 Å². The van der Waals surface area contributed by atoms with Crippen molar-refractivity contribution >= 4 is 5.97 Å². The van der Waals surface area contributed by atoms with E-state index < -0.39 is 11.6 Å². The van der Waals surface area contributed by atoms with Gasteiger partial charge in [-0.15, -0.1) is 0 Å². The van der Waals surface area contributed by atoms with E-state index >= 15 is 0 Å². The van der Waals surface area contributed by atoms with E-state index in [2.05, 4.69) is 5.10 Å². The maximum absolute atomic E-state index is 10.6. The van der Waals surface area contributed by atoms with Crippen LogP contribution in [0.15, 0.2) is 12.3 Å². The minimum atomic E-state index is -1.77. The van der Waals surface area contributed by atoms with Crippen molar-refractivity contribution in [1.82, 2.24) is 9.78 Å². The molecule has 72 valence electrons. The first-order valence-corrected chi connectivity index (χ1v) is 3.87. The van der Waals surface area contributed by atoms with Crippen molar-refractivity contribution in [1.29, 1.82) is 0 Å². The molecule has 1 atom stereocenters. The first-order valence-electron chi connectivity index (χ1n) is 3.87. The molecule has 2 N–H and O–H groups in total. The maximum atomic E-state index is 10.6. The summed E-state index contributed by atoms with van der Waals surface area (Å²) in [6, 6.07) is 1.75. The van der Waals surface area contributed by atoms with Gasteiger partial charge in [0.05, 0.1) is 6.54 Å². The number of rotatable bonds is 3. The van der Waals surface area contributed by atoms with E-state index in [1.807, 2.05) is 0 Å². The fourth-order valence-electron chi connectivity index (χ4n) is 0.924. The Hall–Kier alpha value is -1.36. The molecule has 13 heavy (non-hydrogen) atoms. The quantitative estimate of drug-likeness (QED) is 0.694. The summed E-state index contributed by atoms with van der Waals surface area (Å²) in [6.45, 7) is 3.00. The highest BCUT2D eigenvalue weighted by Gasteiger charge is 2.30. The van der Waals surface area contributed by atoms with Gasteiger partial charge in [0.15, 0.2) is 5.60 Å². The Morgan fingerprint density at radius 1 is 1.77 bits per heavy atom. The number of carboxylic acid groups (broad SMARTS) is 1. The molecule has 0 bridgehead atoms. The smallest absolute Gasteiger partial charge is 0.337 e. The molecule has 0 aromatic carbocycles. The van der Waals surface area contributed by atoms with Crippen LogP contribution in [0.5, 0.6) is 0 Å². The Labute approximate surface area is 75.6 Å². The number of aryl methyl sites for hydroxylation is 1. The Kier molecular flexibility index (Phi) is 2.38. The largest absolute Gasteiger partial charge is 0.479 e. The summed E-state index contributed by atoms with van der Waals surface area (Å²) in [4.78, 5) is 10.6. The van der Waals surface area contributed by atoms with E-state index in [-0.39, 0.29) is 6.54 Å². The van der Waals surface area contributed by atoms with Crippen molar-refractivity contribution in [3.05, 3.63) is 18.0 Å². The monoisotopic (exact) mass is 184 g/mol. The minimum Gasteiger partial charge on any atom is -0.479 e. The summed E-state index contributed by atoms with van der Waals surface area (Å²) in [6.07, 6.45) is 1.56. The Morgan fingerprint density at radius 3 is 2.77 bits per heavy atom. The van der Waals surface area contributed by atoms with Crippen molar-refractivity contribution < 1.29 is 15.0 Å². The second-order valence-electron chi connectivity index (χ2n) is 3.21. The molecule has 0 radical (unpaired) electrons. The Bertz CT molecular complexity index is 317. The molecule has 1 rings (SSSR count). The van der Waals surface area contributed by atoms with Crippen molar-refractivity contribution in [2.75, 3.05) is 0 Å². The van der Waals surface area contributed by atoms with Crippen LogP contribution in [0.3, 0.4) is 0 Å². The zero-order valence-corrected chi connectivity index (χ0v) is 7.56. The molecule has 0 fully saturated rings. The first kappa shape index (κ1) is 9.73. The van der Waals surface area contributed by atoms with Gasteiger partial charge < -0.3 is 10.2 Å². The van der Waals surface area contributed by atoms with E-state index in [9.17, 15) is 9.90 Å². The van der Waals surface area contributed by atoms with Gasteiger partial charge in [0, 0.05) is 11.9 Å². The van der Waals surface area contributed by atoms with Gasteiger partial charge in [-0.25, -0.2) is 4.79 Å². The van der Waals surface area contributed by atoms with E-state index in [0.717, 1.165) is 5.69 Å². The van der Waals surface area contributed by atoms with E-state index in [0.29, 0.717) is 0 Å². The molecule has 5 nitrogen and oxygen atoms in total. The summed E-state index contributed by atoms with van der Waals surface area (Å²) in [5, 5.41) is 21.9. The lowest BCUT2D eigenvalue weighted by Gasteiger charge is -2.18. The fourth-order valence-corrected chi connectivity index (χ4v) is 0.924. The van der Waals surface area contributed by atoms with Crippen molar-refractivity contribution in [3.8, 4) is 0 Å². The van der Waals surface area contributed by atoms with Gasteiger partial charge in [0.25, 0.3) is 0 Å². The van der Waals surface area contributed by atoms with Crippen LogP contribution in [-0.4, -0.2) is 31.6 Å². The van der Waals surface area contributed by atoms with Crippen LogP contribution in [0.1, 0.15) is 12.6 Å². The second-order valence-corrected chi connectivity index (χ2v) is 3.21. The summed E-state index contributed by atoms with van der Waals surface area (Å²) in [5.74, 6) is -1.25. The zero-order valence-electron chi connectivity index (χ0n) is 7.56. The molecular formula is C8H12N2O3. The first-order chi connectivity index (χ1) is 5.93. The molecule has 1 aromatic rings.